The van der Waals surface area contributed by atoms with Gasteiger partial charge >= 0.3 is 0 Å². The largest absolute Gasteiger partial charge is 0.756 e. The number of aliphatic hydroxyl groups excluding tert-OH is 1. The van der Waals surface area contributed by atoms with Crippen LogP contribution in [0.5, 0.6) is 0 Å². The van der Waals surface area contributed by atoms with Crippen molar-refractivity contribution in [2.45, 2.75) is 225 Å². The molecule has 0 aromatic carbocycles. The maximum atomic E-state index is 12.8. The predicted molar refractivity (Wildman–Crippen MR) is 224 cm³/mol. The third-order valence-corrected chi connectivity index (χ3v) is 11.2. The van der Waals surface area contributed by atoms with Crippen molar-refractivity contribution in [3.05, 3.63) is 12.2 Å². The van der Waals surface area contributed by atoms with E-state index in [2.05, 4.69) is 19.2 Å². The molecule has 0 spiro atoms. The van der Waals surface area contributed by atoms with Gasteiger partial charge < -0.3 is 28.8 Å². The van der Waals surface area contributed by atoms with Gasteiger partial charge in [-0.3, -0.25) is 9.36 Å². The summed E-state index contributed by atoms with van der Waals surface area (Å²) in [6.07, 6.45) is 41.1. The van der Waals surface area contributed by atoms with Gasteiger partial charge in [-0.15, -0.1) is 0 Å². The first-order valence-electron chi connectivity index (χ1n) is 22.6. The van der Waals surface area contributed by atoms with Gasteiger partial charge in [0.25, 0.3) is 7.82 Å². The highest BCUT2D eigenvalue weighted by Gasteiger charge is 2.23. The van der Waals surface area contributed by atoms with Crippen molar-refractivity contribution in [1.82, 2.24) is 5.32 Å². The van der Waals surface area contributed by atoms with Gasteiger partial charge in [-0.25, -0.2) is 0 Å². The summed E-state index contributed by atoms with van der Waals surface area (Å²) in [6.45, 7) is 4.66. The number of allylic oxidation sites excluding steroid dienone is 1. The zero-order valence-corrected chi connectivity index (χ0v) is 36.6. The fourth-order valence-electron chi connectivity index (χ4n) is 6.62. The van der Waals surface area contributed by atoms with Crippen molar-refractivity contribution in [2.24, 2.45) is 0 Å². The lowest BCUT2D eigenvalue weighted by atomic mass is 10.0. The average Bonchev–Trinajstić information content (AvgIpc) is 3.10. The molecule has 0 aromatic rings. The Labute approximate surface area is 329 Å². The summed E-state index contributed by atoms with van der Waals surface area (Å²) in [6, 6.07) is -0.879. The smallest absolute Gasteiger partial charge is 0.268 e. The Morgan fingerprint density at radius 3 is 1.42 bits per heavy atom. The highest BCUT2D eigenvalue weighted by atomic mass is 31.2. The second-order valence-corrected chi connectivity index (χ2v) is 18.2. The number of likely N-dealkylation sites (N-methyl/N-ethyl adjacent to an activating group) is 1. The van der Waals surface area contributed by atoms with Gasteiger partial charge in [0.15, 0.2) is 0 Å². The van der Waals surface area contributed by atoms with Crippen molar-refractivity contribution >= 4 is 13.7 Å². The van der Waals surface area contributed by atoms with Crippen LogP contribution in [0.1, 0.15) is 213 Å². The maximum Gasteiger partial charge on any atom is 0.268 e. The van der Waals surface area contributed by atoms with E-state index in [1.165, 1.54) is 154 Å². The summed E-state index contributed by atoms with van der Waals surface area (Å²) >= 11 is 0. The van der Waals surface area contributed by atoms with E-state index in [1.807, 2.05) is 27.2 Å². The molecule has 0 radical (unpaired) electrons. The van der Waals surface area contributed by atoms with Crippen molar-refractivity contribution in [1.29, 1.82) is 0 Å². The van der Waals surface area contributed by atoms with Crippen LogP contribution < -0.4 is 10.2 Å². The van der Waals surface area contributed by atoms with E-state index in [0.717, 1.165) is 38.5 Å². The van der Waals surface area contributed by atoms with Crippen LogP contribution in [0.2, 0.25) is 0 Å². The Kier molecular flexibility index (Phi) is 36.3. The number of nitrogens with one attached hydrogen (secondary N) is 1. The van der Waals surface area contributed by atoms with Gasteiger partial charge in [0, 0.05) is 6.42 Å². The first kappa shape index (κ1) is 52.2. The van der Waals surface area contributed by atoms with Crippen LogP contribution in [0.25, 0.3) is 0 Å². The van der Waals surface area contributed by atoms with Crippen molar-refractivity contribution in [3.63, 3.8) is 0 Å². The van der Waals surface area contributed by atoms with Crippen LogP contribution in [-0.2, 0) is 18.4 Å². The molecule has 2 N–H and O–H groups in total. The Hall–Kier alpha value is -0.760. The van der Waals surface area contributed by atoms with Crippen LogP contribution in [0.15, 0.2) is 12.2 Å². The van der Waals surface area contributed by atoms with Gasteiger partial charge in [-0.2, -0.15) is 0 Å². The maximum absolute atomic E-state index is 12.8. The number of amides is 1. The van der Waals surface area contributed by atoms with E-state index in [4.69, 9.17) is 9.05 Å². The summed E-state index contributed by atoms with van der Waals surface area (Å²) in [5, 5.41) is 13.8. The summed E-state index contributed by atoms with van der Waals surface area (Å²) in [5.41, 5.74) is 0. The van der Waals surface area contributed by atoms with Crippen molar-refractivity contribution < 1.29 is 32.9 Å². The van der Waals surface area contributed by atoms with Gasteiger partial charge in [0.05, 0.1) is 39.9 Å². The molecule has 9 heteroatoms. The molecule has 0 aliphatic rings. The molecule has 3 unspecified atom stereocenters. The van der Waals surface area contributed by atoms with Crippen LogP contribution in [-0.4, -0.2) is 68.5 Å². The minimum Gasteiger partial charge on any atom is -0.756 e. The Balaban J connectivity index is 4.39. The number of hydrogen-bond donors (Lipinski definition) is 2. The Bertz CT molecular complexity index is 880. The first-order valence-corrected chi connectivity index (χ1v) is 24.0. The number of hydrogen-bond acceptors (Lipinski definition) is 6. The molecular weight excluding hydrogens is 683 g/mol. The number of aliphatic hydroxyl groups is 1. The van der Waals surface area contributed by atoms with E-state index in [0.29, 0.717) is 17.4 Å². The zero-order chi connectivity index (χ0) is 39.3. The molecule has 8 nitrogen and oxygen atoms in total. The molecule has 0 bridgehead atoms. The van der Waals surface area contributed by atoms with Crippen LogP contribution >= 0.6 is 7.82 Å². The lowest BCUT2D eigenvalue weighted by Gasteiger charge is -2.29. The number of phosphoric ester groups is 1. The second-order valence-electron chi connectivity index (χ2n) is 16.8. The van der Waals surface area contributed by atoms with E-state index in [9.17, 15) is 19.4 Å². The second kappa shape index (κ2) is 36.9. The van der Waals surface area contributed by atoms with Gasteiger partial charge in [0.2, 0.25) is 5.91 Å². The van der Waals surface area contributed by atoms with Gasteiger partial charge in [-0.1, -0.05) is 199 Å². The molecule has 0 rings (SSSR count). The molecule has 0 aromatic heterocycles. The van der Waals surface area contributed by atoms with Crippen molar-refractivity contribution in [3.8, 4) is 0 Å². The summed E-state index contributed by atoms with van der Waals surface area (Å²) in [4.78, 5) is 25.3. The zero-order valence-electron chi connectivity index (χ0n) is 35.7. The molecule has 3 atom stereocenters. The molecule has 0 aliphatic carbocycles. The Morgan fingerprint density at radius 1 is 0.642 bits per heavy atom. The lowest BCUT2D eigenvalue weighted by Crippen LogP contribution is -2.45. The molecule has 0 heterocycles. The monoisotopic (exact) mass is 773 g/mol. The standard InChI is InChI=1S/C44H89N2O6P/c1-6-8-10-12-14-16-18-20-21-22-23-24-26-27-29-31-33-35-37-43(47)42(41-52-53(49,50)51-40-39-46(3,4)5)45-44(48)38-36-34-32-30-28-25-19-17-15-13-11-9-7-2/h35,37,42-43,47H,6-34,36,38-41H2,1-5H3,(H-,45,48,49,50)/b37-35+. The normalized spacial score (nSPS) is 14.5. The number of unbranched alkanes of at least 4 members (excludes halogenated alkanes) is 28. The molecule has 53 heavy (non-hydrogen) atoms. The highest BCUT2D eigenvalue weighted by Crippen LogP contribution is 2.38. The Morgan fingerprint density at radius 2 is 1.02 bits per heavy atom. The SMILES string of the molecule is CCCCCCCCCCCCCCCCCC/C=C/C(O)C(COP(=O)([O-])OCC[N+](C)(C)C)NC(=O)CCCCCCCCCCCCCCC. The lowest BCUT2D eigenvalue weighted by molar-refractivity contribution is -0.870. The minimum atomic E-state index is -4.58. The van der Waals surface area contributed by atoms with E-state index < -0.39 is 20.0 Å². The molecule has 1 amide bonds. The van der Waals surface area contributed by atoms with Crippen molar-refractivity contribution in [2.75, 3.05) is 40.9 Å². The fourth-order valence-corrected chi connectivity index (χ4v) is 7.35. The molecule has 0 aliphatic heterocycles. The average molecular weight is 773 g/mol. The molecular formula is C44H89N2O6P. The molecule has 0 fully saturated rings. The third-order valence-electron chi connectivity index (χ3n) is 10.2. The number of nitrogens with zero attached hydrogens (tertiary/aromatic N) is 1. The third kappa shape index (κ3) is 39.3. The summed E-state index contributed by atoms with van der Waals surface area (Å²) in [7, 11) is 1.27. The van der Waals surface area contributed by atoms with E-state index in [-0.39, 0.29) is 19.1 Å². The fraction of sp³-hybridized carbons (Fsp3) is 0.932. The molecule has 0 saturated carbocycles. The molecule has 316 valence electrons. The quantitative estimate of drug-likeness (QED) is 0.0277. The number of rotatable bonds is 41. The summed E-state index contributed by atoms with van der Waals surface area (Å²) in [5.74, 6) is -0.196. The van der Waals surface area contributed by atoms with E-state index >= 15 is 0 Å². The number of phosphoric acid groups is 1. The number of quaternary nitrogens is 1. The van der Waals surface area contributed by atoms with Crippen LogP contribution in [0, 0.1) is 0 Å². The van der Waals surface area contributed by atoms with Gasteiger partial charge in [-0.05, 0) is 19.3 Å². The predicted octanol–water partition coefficient (Wildman–Crippen LogP) is 11.7. The summed E-state index contributed by atoms with van der Waals surface area (Å²) < 4.78 is 23.2. The van der Waals surface area contributed by atoms with E-state index in [1.54, 1.807) is 6.08 Å². The highest BCUT2D eigenvalue weighted by molar-refractivity contribution is 7.45. The number of carbonyl (C=O) groups is 1. The minimum absolute atomic E-state index is 0.00210. The van der Waals surface area contributed by atoms with Gasteiger partial charge in [0.1, 0.15) is 13.2 Å². The topological polar surface area (TPSA) is 108 Å². The van der Waals surface area contributed by atoms with Crippen LogP contribution in [0.4, 0.5) is 0 Å². The first-order chi connectivity index (χ1) is 25.5. The van der Waals surface area contributed by atoms with Crippen LogP contribution in [0.3, 0.4) is 0 Å². The molecule has 0 saturated heterocycles. The number of carbonyl (C=O) groups excluding carboxylic acids is 1.